The molecule has 1 aromatic heterocycles. The third kappa shape index (κ3) is 3.43. The number of aromatic nitrogens is 1. The summed E-state index contributed by atoms with van der Waals surface area (Å²) in [5.41, 5.74) is 3.90. The minimum absolute atomic E-state index is 0.105. The number of thioether (sulfide) groups is 1. The molecule has 0 spiro atoms. The van der Waals surface area contributed by atoms with Gasteiger partial charge >= 0.3 is 0 Å². The van der Waals surface area contributed by atoms with Gasteiger partial charge < -0.3 is 9.64 Å². The molecule has 3 aliphatic rings. The topological polar surface area (TPSA) is 54.8 Å². The maximum absolute atomic E-state index is 13.6. The highest BCUT2D eigenvalue weighted by atomic mass is 35.5. The lowest BCUT2D eigenvalue weighted by molar-refractivity contribution is -0.118. The van der Waals surface area contributed by atoms with Crippen molar-refractivity contribution in [3.8, 4) is 5.75 Å². The third-order valence-corrected chi connectivity index (χ3v) is 8.10. The highest BCUT2D eigenvalue weighted by molar-refractivity contribution is 8.14. The summed E-state index contributed by atoms with van der Waals surface area (Å²) in [6.07, 6.45) is 1.20. The lowest BCUT2D eigenvalue weighted by atomic mass is 9.73. The first-order chi connectivity index (χ1) is 16.2. The van der Waals surface area contributed by atoms with Gasteiger partial charge in [-0.1, -0.05) is 37.0 Å². The average molecular weight is 510 g/mol. The zero-order valence-electron chi connectivity index (χ0n) is 18.9. The van der Waals surface area contributed by atoms with E-state index in [1.54, 1.807) is 24.9 Å². The highest BCUT2D eigenvalue weighted by Gasteiger charge is 2.46. The Balaban J connectivity index is 1.60. The number of aliphatic imine (C=N–C) groups is 1. The number of hydrogen-bond acceptors (Lipinski definition) is 6. The summed E-state index contributed by atoms with van der Waals surface area (Å²) in [5.74, 6) is 0.881. The molecular formula is C26H21Cl2N3O2S. The summed E-state index contributed by atoms with van der Waals surface area (Å²) in [6, 6.07) is 13.1. The number of ether oxygens (including phenoxy) is 1. The highest BCUT2D eigenvalue weighted by Crippen LogP contribution is 2.54. The van der Waals surface area contributed by atoms with Crippen molar-refractivity contribution < 1.29 is 9.53 Å². The van der Waals surface area contributed by atoms with Gasteiger partial charge in [0.1, 0.15) is 10.9 Å². The number of anilines is 1. The fraction of sp³-hybridized carbons (Fsp3) is 0.269. The number of benzene rings is 2. The fourth-order valence-corrected chi connectivity index (χ4v) is 6.59. The van der Waals surface area contributed by atoms with Crippen LogP contribution in [0.1, 0.15) is 38.3 Å². The number of amidine groups is 1. The molecule has 34 heavy (non-hydrogen) atoms. The predicted molar refractivity (Wildman–Crippen MR) is 138 cm³/mol. The summed E-state index contributed by atoms with van der Waals surface area (Å²) >= 11 is 14.7. The van der Waals surface area contributed by atoms with Crippen molar-refractivity contribution in [2.75, 3.05) is 12.0 Å². The molecule has 8 heteroatoms. The number of allylic oxidation sites excluding steroid dienone is 1. The monoisotopic (exact) mass is 509 g/mol. The fourth-order valence-electron chi connectivity index (χ4n) is 5.06. The van der Waals surface area contributed by atoms with Crippen LogP contribution in [0, 0.1) is 5.41 Å². The Labute approximate surface area is 211 Å². The van der Waals surface area contributed by atoms with Gasteiger partial charge in [0.15, 0.2) is 11.0 Å². The van der Waals surface area contributed by atoms with Gasteiger partial charge in [-0.15, -0.1) is 0 Å². The van der Waals surface area contributed by atoms with Crippen LogP contribution in [0.25, 0.3) is 10.9 Å². The standard InChI is InChI=1S/C26H21Cl2N3O2S/c1-26(2)11-18-22(20(32)12-26)23(16-9-13-8-14(27)4-6-17(13)29-24(16)28)31-19-7-5-15(33-3)10-21(19)34-25(31)30-18/h4-10,23H,11-12H2,1-3H3. The van der Waals surface area contributed by atoms with Gasteiger partial charge in [-0.2, -0.15) is 0 Å². The second-order valence-electron chi connectivity index (χ2n) is 9.61. The summed E-state index contributed by atoms with van der Waals surface area (Å²) in [7, 11) is 1.65. The third-order valence-electron chi connectivity index (χ3n) is 6.54. The number of pyridine rings is 1. The zero-order chi connectivity index (χ0) is 23.8. The number of carbonyl (C=O) groups excluding carboxylic acids is 1. The van der Waals surface area contributed by atoms with Crippen molar-refractivity contribution in [2.24, 2.45) is 10.4 Å². The number of methoxy groups -OCH3 is 1. The van der Waals surface area contributed by atoms with Crippen LogP contribution in [0.15, 0.2) is 63.6 Å². The number of rotatable bonds is 2. The molecule has 5 nitrogen and oxygen atoms in total. The van der Waals surface area contributed by atoms with Crippen molar-refractivity contribution in [1.82, 2.24) is 4.98 Å². The Morgan fingerprint density at radius 2 is 1.94 bits per heavy atom. The van der Waals surface area contributed by atoms with Gasteiger partial charge in [-0.3, -0.25) is 4.79 Å². The number of halogens is 2. The van der Waals surface area contributed by atoms with Gasteiger partial charge in [-0.25, -0.2) is 9.98 Å². The van der Waals surface area contributed by atoms with Gasteiger partial charge in [0.05, 0.1) is 30.1 Å². The molecule has 0 radical (unpaired) electrons. The Hall–Kier alpha value is -2.54. The lowest BCUT2D eigenvalue weighted by Crippen LogP contribution is -2.40. The van der Waals surface area contributed by atoms with Gasteiger partial charge in [0.2, 0.25) is 0 Å². The molecule has 1 aliphatic carbocycles. The molecule has 0 saturated carbocycles. The van der Waals surface area contributed by atoms with Crippen LogP contribution in [0.2, 0.25) is 10.2 Å². The molecule has 0 amide bonds. The van der Waals surface area contributed by atoms with Gasteiger partial charge in [-0.05, 0) is 66.1 Å². The van der Waals surface area contributed by atoms with E-state index in [1.807, 2.05) is 36.4 Å². The second-order valence-corrected chi connectivity index (χ2v) is 11.4. The molecule has 0 saturated heterocycles. The Morgan fingerprint density at radius 3 is 2.74 bits per heavy atom. The van der Waals surface area contributed by atoms with E-state index < -0.39 is 6.04 Å². The molecule has 3 aromatic rings. The first-order valence-corrected chi connectivity index (χ1v) is 12.6. The summed E-state index contributed by atoms with van der Waals surface area (Å²) < 4.78 is 5.44. The van der Waals surface area contributed by atoms with E-state index in [2.05, 4.69) is 23.7 Å². The molecule has 1 unspecified atom stereocenters. The predicted octanol–water partition coefficient (Wildman–Crippen LogP) is 7.22. The Morgan fingerprint density at radius 1 is 1.12 bits per heavy atom. The second kappa shape index (κ2) is 7.74. The number of Topliss-reactive ketones (excluding diaryl/α,β-unsaturated/α-hetero) is 1. The molecule has 2 aromatic carbocycles. The van der Waals surface area contributed by atoms with E-state index in [9.17, 15) is 4.79 Å². The first-order valence-electron chi connectivity index (χ1n) is 11.0. The Kier molecular flexibility index (Phi) is 5.00. The number of ketones is 1. The van der Waals surface area contributed by atoms with Crippen molar-refractivity contribution in [2.45, 2.75) is 37.6 Å². The van der Waals surface area contributed by atoms with Crippen LogP contribution >= 0.6 is 35.0 Å². The van der Waals surface area contributed by atoms with Crippen LogP contribution in [0.4, 0.5) is 5.69 Å². The molecular weight excluding hydrogens is 489 g/mol. The average Bonchev–Trinajstić information content (AvgIpc) is 3.13. The maximum Gasteiger partial charge on any atom is 0.174 e. The van der Waals surface area contributed by atoms with E-state index in [4.69, 9.17) is 32.9 Å². The largest absolute Gasteiger partial charge is 0.497 e. The van der Waals surface area contributed by atoms with E-state index in [-0.39, 0.29) is 11.2 Å². The van der Waals surface area contributed by atoms with Crippen LogP contribution in [-0.2, 0) is 4.79 Å². The molecule has 2 aliphatic heterocycles. The molecule has 0 fully saturated rings. The maximum atomic E-state index is 13.6. The normalized spacial score (nSPS) is 20.7. The number of fused-ring (bicyclic) bond motifs is 4. The number of carbonyl (C=O) groups is 1. The number of nitrogens with zero attached hydrogens (tertiary/aromatic N) is 3. The van der Waals surface area contributed by atoms with Gasteiger partial charge in [0, 0.05) is 32.9 Å². The lowest BCUT2D eigenvalue weighted by Gasteiger charge is -2.40. The molecule has 172 valence electrons. The minimum atomic E-state index is -0.420. The number of hydrogen-bond donors (Lipinski definition) is 0. The van der Waals surface area contributed by atoms with E-state index in [0.29, 0.717) is 22.2 Å². The SMILES string of the molecule is COc1ccc2c(c1)SC1=NC3=C(C(=O)CC(C)(C)C3)C(c3cc4cc(Cl)ccc4nc3Cl)N12. The zero-order valence-corrected chi connectivity index (χ0v) is 21.2. The van der Waals surface area contributed by atoms with Gasteiger partial charge in [0.25, 0.3) is 0 Å². The molecule has 0 N–H and O–H groups in total. The molecule has 3 heterocycles. The summed E-state index contributed by atoms with van der Waals surface area (Å²) in [4.78, 5) is 26.4. The first kappa shape index (κ1) is 22.0. The molecule has 0 bridgehead atoms. The van der Waals surface area contributed by atoms with E-state index in [1.165, 1.54) is 0 Å². The van der Waals surface area contributed by atoms with Crippen molar-refractivity contribution in [3.63, 3.8) is 0 Å². The quantitative estimate of drug-likeness (QED) is 0.341. The summed E-state index contributed by atoms with van der Waals surface area (Å²) in [5, 5.41) is 2.71. The van der Waals surface area contributed by atoms with E-state index in [0.717, 1.165) is 50.1 Å². The molecule has 6 rings (SSSR count). The summed E-state index contributed by atoms with van der Waals surface area (Å²) in [6.45, 7) is 4.23. The van der Waals surface area contributed by atoms with Crippen LogP contribution in [0.5, 0.6) is 5.75 Å². The van der Waals surface area contributed by atoms with Crippen molar-refractivity contribution in [3.05, 3.63) is 69.5 Å². The Bertz CT molecular complexity index is 1460. The van der Waals surface area contributed by atoms with Crippen LogP contribution in [-0.4, -0.2) is 23.0 Å². The minimum Gasteiger partial charge on any atom is -0.497 e. The van der Waals surface area contributed by atoms with E-state index >= 15 is 0 Å². The smallest absolute Gasteiger partial charge is 0.174 e. The van der Waals surface area contributed by atoms with Crippen LogP contribution in [0.3, 0.4) is 0 Å². The molecule has 1 atom stereocenters. The van der Waals surface area contributed by atoms with Crippen molar-refractivity contribution >= 4 is 62.5 Å². The van der Waals surface area contributed by atoms with Crippen LogP contribution < -0.4 is 9.64 Å². The van der Waals surface area contributed by atoms with Crippen molar-refractivity contribution in [1.29, 1.82) is 0 Å².